The lowest BCUT2D eigenvalue weighted by atomic mass is 10.2. The Labute approximate surface area is 123 Å². The highest BCUT2D eigenvalue weighted by Gasteiger charge is 2.28. The number of hydrogen-bond acceptors (Lipinski definition) is 4. The molecular formula is C14H19ClN2O3. The summed E-state index contributed by atoms with van der Waals surface area (Å²) < 4.78 is 5.96. The average molecular weight is 299 g/mol. The van der Waals surface area contributed by atoms with Gasteiger partial charge in [-0.15, -0.1) is 0 Å². The van der Waals surface area contributed by atoms with Crippen molar-refractivity contribution in [3.63, 3.8) is 0 Å². The van der Waals surface area contributed by atoms with E-state index in [-0.39, 0.29) is 17.4 Å². The Bertz CT molecular complexity index is 514. The molecule has 1 heterocycles. The van der Waals surface area contributed by atoms with Crippen LogP contribution < -0.4 is 4.90 Å². The van der Waals surface area contributed by atoms with E-state index >= 15 is 0 Å². The van der Waals surface area contributed by atoms with Gasteiger partial charge in [0.15, 0.2) is 0 Å². The Balaban J connectivity index is 2.08. The quantitative estimate of drug-likeness (QED) is 0.631. The van der Waals surface area contributed by atoms with Crippen LogP contribution in [0.1, 0.15) is 27.2 Å². The van der Waals surface area contributed by atoms with Crippen LogP contribution in [0, 0.1) is 10.1 Å². The van der Waals surface area contributed by atoms with Gasteiger partial charge in [-0.2, -0.15) is 0 Å². The molecule has 20 heavy (non-hydrogen) atoms. The standard InChI is InChI=1S/C14H19ClN2O3/c1-14(2,3)20-11-6-7-16(9-11)13-5-4-10(17(18)19)8-12(13)15/h4-5,8,11H,6-7,9H2,1-3H3/t11-/m1/s1. The van der Waals surface area contributed by atoms with Gasteiger partial charge in [-0.3, -0.25) is 10.1 Å². The Morgan fingerprint density at radius 1 is 1.45 bits per heavy atom. The van der Waals surface area contributed by atoms with Crippen LogP contribution in [0.3, 0.4) is 0 Å². The fourth-order valence-corrected chi connectivity index (χ4v) is 2.70. The van der Waals surface area contributed by atoms with Crippen molar-refractivity contribution in [2.45, 2.75) is 38.9 Å². The molecule has 1 aliphatic heterocycles. The third-order valence-electron chi connectivity index (χ3n) is 3.15. The Morgan fingerprint density at radius 3 is 2.70 bits per heavy atom. The zero-order chi connectivity index (χ0) is 14.9. The fourth-order valence-electron chi connectivity index (χ4n) is 2.41. The van der Waals surface area contributed by atoms with E-state index in [1.807, 2.05) is 20.8 Å². The second kappa shape index (κ2) is 5.58. The van der Waals surface area contributed by atoms with E-state index < -0.39 is 4.92 Å². The molecule has 2 rings (SSSR count). The maximum Gasteiger partial charge on any atom is 0.271 e. The highest BCUT2D eigenvalue weighted by molar-refractivity contribution is 6.33. The van der Waals surface area contributed by atoms with Gasteiger partial charge in [-0.25, -0.2) is 0 Å². The largest absolute Gasteiger partial charge is 0.371 e. The third kappa shape index (κ3) is 3.61. The summed E-state index contributed by atoms with van der Waals surface area (Å²) in [5.41, 5.74) is 0.678. The van der Waals surface area contributed by atoms with Gasteiger partial charge >= 0.3 is 0 Å². The lowest BCUT2D eigenvalue weighted by molar-refractivity contribution is -0.384. The van der Waals surface area contributed by atoms with Gasteiger partial charge in [0.25, 0.3) is 5.69 Å². The minimum absolute atomic E-state index is 0.0143. The van der Waals surface area contributed by atoms with E-state index in [4.69, 9.17) is 16.3 Å². The maximum absolute atomic E-state index is 10.7. The van der Waals surface area contributed by atoms with Gasteiger partial charge < -0.3 is 9.64 Å². The predicted octanol–water partition coefficient (Wildman–Crippen LogP) is 3.64. The molecule has 1 saturated heterocycles. The zero-order valence-electron chi connectivity index (χ0n) is 11.9. The van der Waals surface area contributed by atoms with Gasteiger partial charge in [-0.1, -0.05) is 11.6 Å². The molecule has 0 bridgehead atoms. The lowest BCUT2D eigenvalue weighted by Gasteiger charge is -2.25. The van der Waals surface area contributed by atoms with Gasteiger partial charge in [0, 0.05) is 25.2 Å². The molecule has 0 amide bonds. The molecule has 0 spiro atoms. The number of non-ortho nitro benzene ring substituents is 1. The molecule has 0 unspecified atom stereocenters. The summed E-state index contributed by atoms with van der Waals surface area (Å²) in [6.45, 7) is 7.71. The molecule has 110 valence electrons. The molecule has 1 aromatic rings. The summed E-state index contributed by atoms with van der Waals surface area (Å²) in [5, 5.41) is 11.1. The molecule has 1 aromatic carbocycles. The van der Waals surface area contributed by atoms with Crippen molar-refractivity contribution < 1.29 is 9.66 Å². The Kier molecular flexibility index (Phi) is 4.20. The number of anilines is 1. The van der Waals surface area contributed by atoms with E-state index in [2.05, 4.69) is 4.90 Å². The average Bonchev–Trinajstić information content (AvgIpc) is 2.74. The van der Waals surface area contributed by atoms with Crippen molar-refractivity contribution in [1.29, 1.82) is 0 Å². The molecule has 0 aliphatic carbocycles. The van der Waals surface area contributed by atoms with Crippen molar-refractivity contribution in [1.82, 2.24) is 0 Å². The van der Waals surface area contributed by atoms with E-state index in [0.29, 0.717) is 5.02 Å². The summed E-state index contributed by atoms with van der Waals surface area (Å²) in [5.74, 6) is 0. The van der Waals surface area contributed by atoms with E-state index in [0.717, 1.165) is 25.2 Å². The number of benzene rings is 1. The number of nitro benzene ring substituents is 1. The molecule has 5 nitrogen and oxygen atoms in total. The van der Waals surface area contributed by atoms with Crippen LogP contribution in [-0.4, -0.2) is 29.7 Å². The number of rotatable bonds is 3. The van der Waals surface area contributed by atoms with E-state index in [1.54, 1.807) is 6.07 Å². The normalized spacial score (nSPS) is 19.4. The van der Waals surface area contributed by atoms with E-state index in [1.165, 1.54) is 12.1 Å². The van der Waals surface area contributed by atoms with Crippen LogP contribution in [-0.2, 0) is 4.74 Å². The predicted molar refractivity (Wildman–Crippen MR) is 79.6 cm³/mol. The Morgan fingerprint density at radius 2 is 2.15 bits per heavy atom. The monoisotopic (exact) mass is 298 g/mol. The number of nitro groups is 1. The summed E-state index contributed by atoms with van der Waals surface area (Å²) in [7, 11) is 0. The summed E-state index contributed by atoms with van der Waals surface area (Å²) in [6, 6.07) is 4.59. The van der Waals surface area contributed by atoms with Crippen molar-refractivity contribution in [2.75, 3.05) is 18.0 Å². The van der Waals surface area contributed by atoms with Gasteiger partial charge in [0.05, 0.1) is 27.3 Å². The molecule has 1 atom stereocenters. The second-order valence-electron chi connectivity index (χ2n) is 5.98. The fraction of sp³-hybridized carbons (Fsp3) is 0.571. The lowest BCUT2D eigenvalue weighted by Crippen LogP contribution is -2.30. The minimum Gasteiger partial charge on any atom is -0.371 e. The topological polar surface area (TPSA) is 55.6 Å². The van der Waals surface area contributed by atoms with Crippen LogP contribution in [0.5, 0.6) is 0 Å². The van der Waals surface area contributed by atoms with Gasteiger partial charge in [-0.05, 0) is 33.3 Å². The summed E-state index contributed by atoms with van der Waals surface area (Å²) >= 11 is 6.15. The number of nitrogens with zero attached hydrogens (tertiary/aromatic N) is 2. The van der Waals surface area contributed by atoms with Crippen molar-refractivity contribution in [2.24, 2.45) is 0 Å². The van der Waals surface area contributed by atoms with Gasteiger partial charge in [0.1, 0.15) is 0 Å². The second-order valence-corrected chi connectivity index (χ2v) is 6.39. The molecule has 0 saturated carbocycles. The first-order chi connectivity index (χ1) is 9.26. The van der Waals surface area contributed by atoms with Crippen LogP contribution in [0.15, 0.2) is 18.2 Å². The van der Waals surface area contributed by atoms with Crippen LogP contribution in [0.2, 0.25) is 5.02 Å². The molecule has 0 N–H and O–H groups in total. The molecule has 0 radical (unpaired) electrons. The SMILES string of the molecule is CC(C)(C)O[C@@H]1CCN(c2ccc([N+](=O)[O-])cc2Cl)C1. The first kappa shape index (κ1) is 15.1. The first-order valence-electron chi connectivity index (χ1n) is 6.63. The highest BCUT2D eigenvalue weighted by atomic mass is 35.5. The van der Waals surface area contributed by atoms with Gasteiger partial charge in [0.2, 0.25) is 0 Å². The third-order valence-corrected chi connectivity index (χ3v) is 3.45. The van der Waals surface area contributed by atoms with E-state index in [9.17, 15) is 10.1 Å². The smallest absolute Gasteiger partial charge is 0.271 e. The first-order valence-corrected chi connectivity index (χ1v) is 7.01. The zero-order valence-corrected chi connectivity index (χ0v) is 12.7. The number of halogens is 1. The van der Waals surface area contributed by atoms with Crippen LogP contribution in [0.4, 0.5) is 11.4 Å². The molecule has 1 fully saturated rings. The highest BCUT2D eigenvalue weighted by Crippen LogP contribution is 2.33. The molecule has 6 heteroatoms. The molecule has 0 aromatic heterocycles. The van der Waals surface area contributed by atoms with Crippen LogP contribution in [0.25, 0.3) is 0 Å². The summed E-state index contributed by atoms with van der Waals surface area (Å²) in [4.78, 5) is 12.4. The molecular weight excluding hydrogens is 280 g/mol. The summed E-state index contributed by atoms with van der Waals surface area (Å²) in [6.07, 6.45) is 1.10. The van der Waals surface area contributed by atoms with Crippen molar-refractivity contribution in [3.8, 4) is 0 Å². The van der Waals surface area contributed by atoms with Crippen LogP contribution >= 0.6 is 11.6 Å². The maximum atomic E-state index is 10.7. The van der Waals surface area contributed by atoms with Crippen molar-refractivity contribution in [3.05, 3.63) is 33.3 Å². The molecule has 1 aliphatic rings. The number of hydrogen-bond donors (Lipinski definition) is 0. The Hall–Kier alpha value is -1.33. The minimum atomic E-state index is -0.439. The van der Waals surface area contributed by atoms with Crippen molar-refractivity contribution >= 4 is 23.0 Å². The number of ether oxygens (including phenoxy) is 1.